The lowest BCUT2D eigenvalue weighted by molar-refractivity contribution is -0.121. The van der Waals surface area contributed by atoms with Crippen LogP contribution in [0.5, 0.6) is 0 Å². The molecule has 8 heteroatoms. The Kier molecular flexibility index (Phi) is 7.20. The predicted molar refractivity (Wildman–Crippen MR) is 134 cm³/mol. The number of carbonyl (C=O) groups excluding carboxylic acids is 1. The van der Waals surface area contributed by atoms with E-state index < -0.39 is 10.8 Å². The summed E-state index contributed by atoms with van der Waals surface area (Å²) in [6.07, 6.45) is 0. The number of hydrogen-bond donors (Lipinski definition) is 1. The van der Waals surface area contributed by atoms with E-state index in [1.165, 1.54) is 11.8 Å². The van der Waals surface area contributed by atoms with Crippen LogP contribution in [0.4, 0.5) is 0 Å². The SMILES string of the molecule is Cc1cccc(-n2c(SC(C)C(=O)NC(C)(C#N)C(C)C)nc3cc(Cl)ccc3c2=O)c1C. The lowest BCUT2D eigenvalue weighted by Gasteiger charge is -2.28. The van der Waals surface area contributed by atoms with E-state index in [1.54, 1.807) is 36.6 Å². The van der Waals surface area contributed by atoms with Gasteiger partial charge in [-0.3, -0.25) is 14.2 Å². The van der Waals surface area contributed by atoms with Gasteiger partial charge in [-0.15, -0.1) is 0 Å². The molecule has 0 spiro atoms. The first-order valence-electron chi connectivity index (χ1n) is 10.7. The molecule has 0 aliphatic heterocycles. The third-order valence-electron chi connectivity index (χ3n) is 6.04. The van der Waals surface area contributed by atoms with Gasteiger partial charge in [0.25, 0.3) is 5.56 Å². The fraction of sp³-hybridized carbons (Fsp3) is 0.360. The van der Waals surface area contributed by atoms with Crippen molar-refractivity contribution >= 4 is 40.2 Å². The number of nitriles is 1. The Labute approximate surface area is 203 Å². The number of amides is 1. The third kappa shape index (κ3) is 4.92. The Bertz CT molecular complexity index is 1330. The molecule has 0 fully saturated rings. The molecule has 0 bridgehead atoms. The second kappa shape index (κ2) is 9.58. The number of nitrogens with one attached hydrogen (secondary N) is 1. The molecule has 1 N–H and O–H groups in total. The second-order valence-electron chi connectivity index (χ2n) is 8.63. The molecule has 6 nitrogen and oxygen atoms in total. The highest BCUT2D eigenvalue weighted by atomic mass is 35.5. The molecule has 0 aliphatic rings. The lowest BCUT2D eigenvalue weighted by atomic mass is 9.90. The van der Waals surface area contributed by atoms with E-state index >= 15 is 0 Å². The monoisotopic (exact) mass is 482 g/mol. The number of aryl methyl sites for hydroxylation is 1. The van der Waals surface area contributed by atoms with Gasteiger partial charge in [-0.25, -0.2) is 4.98 Å². The number of aromatic nitrogens is 2. The van der Waals surface area contributed by atoms with Crippen molar-refractivity contribution in [2.24, 2.45) is 5.92 Å². The highest BCUT2D eigenvalue weighted by Gasteiger charge is 2.32. The van der Waals surface area contributed by atoms with E-state index in [4.69, 9.17) is 16.6 Å². The maximum atomic E-state index is 13.6. The minimum atomic E-state index is -0.997. The van der Waals surface area contributed by atoms with Gasteiger partial charge in [-0.1, -0.05) is 49.3 Å². The van der Waals surface area contributed by atoms with Gasteiger partial charge >= 0.3 is 0 Å². The second-order valence-corrected chi connectivity index (χ2v) is 10.4. The summed E-state index contributed by atoms with van der Waals surface area (Å²) in [6, 6.07) is 12.9. The highest BCUT2D eigenvalue weighted by molar-refractivity contribution is 8.00. The zero-order valence-corrected chi connectivity index (χ0v) is 21.1. The number of benzene rings is 2. The first-order chi connectivity index (χ1) is 15.5. The summed E-state index contributed by atoms with van der Waals surface area (Å²) in [7, 11) is 0. The number of carbonyl (C=O) groups is 1. The number of rotatable bonds is 6. The van der Waals surface area contributed by atoms with Crippen LogP contribution in [0.25, 0.3) is 16.6 Å². The zero-order valence-electron chi connectivity index (χ0n) is 19.6. The summed E-state index contributed by atoms with van der Waals surface area (Å²) in [5, 5.41) is 13.1. The van der Waals surface area contributed by atoms with Crippen LogP contribution in [0.3, 0.4) is 0 Å². The first kappa shape index (κ1) is 24.8. The number of hydrogen-bond acceptors (Lipinski definition) is 5. The van der Waals surface area contributed by atoms with Crippen LogP contribution in [-0.2, 0) is 4.79 Å². The Hall–Kier alpha value is -2.82. The average molecular weight is 483 g/mol. The normalized spacial score (nSPS) is 14.0. The molecule has 1 aromatic heterocycles. The van der Waals surface area contributed by atoms with Gasteiger partial charge in [0.1, 0.15) is 5.54 Å². The van der Waals surface area contributed by atoms with E-state index in [2.05, 4.69) is 11.4 Å². The smallest absolute Gasteiger partial charge is 0.266 e. The van der Waals surface area contributed by atoms with Crippen molar-refractivity contribution in [3.63, 3.8) is 0 Å². The van der Waals surface area contributed by atoms with Crippen molar-refractivity contribution in [2.45, 2.75) is 57.5 Å². The van der Waals surface area contributed by atoms with Crippen molar-refractivity contribution in [1.29, 1.82) is 5.26 Å². The van der Waals surface area contributed by atoms with Crippen LogP contribution in [0.1, 0.15) is 38.8 Å². The third-order valence-corrected chi connectivity index (χ3v) is 7.33. The van der Waals surface area contributed by atoms with E-state index in [1.807, 2.05) is 45.9 Å². The Morgan fingerprint density at radius 3 is 2.58 bits per heavy atom. The molecule has 1 heterocycles. The molecule has 0 saturated heterocycles. The molecule has 33 heavy (non-hydrogen) atoms. The summed E-state index contributed by atoms with van der Waals surface area (Å²) in [6.45, 7) is 11.1. The van der Waals surface area contributed by atoms with Crippen LogP contribution in [0, 0.1) is 31.1 Å². The van der Waals surface area contributed by atoms with Crippen molar-refractivity contribution in [1.82, 2.24) is 14.9 Å². The first-order valence-corrected chi connectivity index (χ1v) is 11.9. The zero-order chi connectivity index (χ0) is 24.5. The number of thioether (sulfide) groups is 1. The summed E-state index contributed by atoms with van der Waals surface area (Å²) >= 11 is 7.32. The van der Waals surface area contributed by atoms with Crippen molar-refractivity contribution in [2.75, 3.05) is 0 Å². The lowest BCUT2D eigenvalue weighted by Crippen LogP contribution is -2.51. The Morgan fingerprint density at radius 1 is 1.24 bits per heavy atom. The van der Waals surface area contributed by atoms with Gasteiger partial charge in [0.2, 0.25) is 5.91 Å². The van der Waals surface area contributed by atoms with Gasteiger partial charge in [-0.05, 0) is 69.0 Å². The summed E-state index contributed by atoms with van der Waals surface area (Å²) < 4.78 is 1.55. The van der Waals surface area contributed by atoms with Gasteiger partial charge in [0.15, 0.2) is 5.16 Å². The van der Waals surface area contributed by atoms with Crippen LogP contribution < -0.4 is 10.9 Å². The molecule has 0 radical (unpaired) electrons. The summed E-state index contributed by atoms with van der Waals surface area (Å²) in [5.74, 6) is -0.372. The van der Waals surface area contributed by atoms with E-state index in [-0.39, 0.29) is 17.4 Å². The van der Waals surface area contributed by atoms with Gasteiger partial charge in [0.05, 0.1) is 27.9 Å². The van der Waals surface area contributed by atoms with Gasteiger partial charge in [-0.2, -0.15) is 5.26 Å². The highest BCUT2D eigenvalue weighted by Crippen LogP contribution is 2.28. The van der Waals surface area contributed by atoms with Crippen molar-refractivity contribution in [3.8, 4) is 11.8 Å². The molecule has 3 aromatic rings. The van der Waals surface area contributed by atoms with E-state index in [0.717, 1.165) is 11.1 Å². The molecule has 1 amide bonds. The van der Waals surface area contributed by atoms with Crippen molar-refractivity contribution < 1.29 is 4.79 Å². The number of nitrogens with zero attached hydrogens (tertiary/aromatic N) is 3. The van der Waals surface area contributed by atoms with Gasteiger partial charge in [0, 0.05) is 5.02 Å². The van der Waals surface area contributed by atoms with Crippen LogP contribution >= 0.6 is 23.4 Å². The topological polar surface area (TPSA) is 87.8 Å². The summed E-state index contributed by atoms with van der Waals surface area (Å²) in [4.78, 5) is 31.3. The molecular formula is C25H27ClN4O2S. The molecule has 3 rings (SSSR count). The molecule has 0 aliphatic carbocycles. The average Bonchev–Trinajstić information content (AvgIpc) is 2.75. The molecular weight excluding hydrogens is 456 g/mol. The predicted octanol–water partition coefficient (Wildman–Crippen LogP) is 5.19. The van der Waals surface area contributed by atoms with Crippen molar-refractivity contribution in [3.05, 3.63) is 62.9 Å². The minimum Gasteiger partial charge on any atom is -0.337 e. The molecule has 172 valence electrons. The molecule has 2 unspecified atom stereocenters. The fourth-order valence-corrected chi connectivity index (χ4v) is 4.36. The Balaban J connectivity index is 2.13. The quantitative estimate of drug-likeness (QED) is 0.385. The van der Waals surface area contributed by atoms with E-state index in [0.29, 0.717) is 26.8 Å². The number of fused-ring (bicyclic) bond motifs is 1. The number of halogens is 1. The molecule has 2 atom stereocenters. The maximum Gasteiger partial charge on any atom is 0.266 e. The summed E-state index contributed by atoms with van der Waals surface area (Å²) in [5.41, 5.74) is 1.94. The van der Waals surface area contributed by atoms with Crippen LogP contribution in [0.15, 0.2) is 46.3 Å². The van der Waals surface area contributed by atoms with Gasteiger partial charge < -0.3 is 5.32 Å². The Morgan fingerprint density at radius 2 is 1.94 bits per heavy atom. The van der Waals surface area contributed by atoms with E-state index in [9.17, 15) is 14.9 Å². The maximum absolute atomic E-state index is 13.6. The molecule has 2 aromatic carbocycles. The molecule has 0 saturated carbocycles. The van der Waals surface area contributed by atoms with Crippen LogP contribution in [0.2, 0.25) is 5.02 Å². The van der Waals surface area contributed by atoms with Crippen LogP contribution in [-0.4, -0.2) is 26.2 Å². The minimum absolute atomic E-state index is 0.0716. The standard InChI is InChI=1S/C25H27ClN4O2S/c1-14(2)25(6,13-27)29-22(31)17(5)33-24-28-20-12-18(26)10-11-19(20)23(32)30(24)21-9-7-8-15(3)16(21)4/h7-12,14,17H,1-6H3,(H,29,31). The largest absolute Gasteiger partial charge is 0.337 e. The fourth-order valence-electron chi connectivity index (χ4n) is 3.28.